The van der Waals surface area contributed by atoms with Gasteiger partial charge in [-0.25, -0.2) is 4.39 Å². The van der Waals surface area contributed by atoms with Crippen LogP contribution in [0.2, 0.25) is 0 Å². The first-order chi connectivity index (χ1) is 7.18. The van der Waals surface area contributed by atoms with Gasteiger partial charge in [0, 0.05) is 3.57 Å². The van der Waals surface area contributed by atoms with Crippen molar-refractivity contribution in [2.24, 2.45) is 0 Å². The molecule has 0 amide bonds. The molecular weight excluding hydrogens is 302 g/mol. The average Bonchev–Trinajstić information content (AvgIpc) is 2.20. The van der Waals surface area contributed by atoms with Crippen LogP contribution in [-0.2, 0) is 0 Å². The Morgan fingerprint density at radius 2 is 1.73 bits per heavy atom. The molecule has 0 nitrogen and oxygen atoms in total. The third-order valence-corrected chi connectivity index (χ3v) is 3.26. The maximum Gasteiger partial charge on any atom is 0.124 e. The highest BCUT2D eigenvalue weighted by Gasteiger charge is 2.05. The molecule has 0 aliphatic rings. The first kappa shape index (κ1) is 10.6. The van der Waals surface area contributed by atoms with E-state index in [-0.39, 0.29) is 5.82 Å². The van der Waals surface area contributed by atoms with Crippen LogP contribution >= 0.6 is 22.6 Å². The van der Waals surface area contributed by atoms with Gasteiger partial charge in [-0.05, 0) is 58.3 Å². The first-order valence-electron chi connectivity index (χ1n) is 4.69. The van der Waals surface area contributed by atoms with E-state index in [0.29, 0.717) is 0 Å². The van der Waals surface area contributed by atoms with Gasteiger partial charge in [-0.2, -0.15) is 0 Å². The van der Waals surface area contributed by atoms with Crippen LogP contribution in [0.1, 0.15) is 5.56 Å². The fraction of sp³-hybridized carbons (Fsp3) is 0.0769. The number of aryl methyl sites for hydroxylation is 1. The highest BCUT2D eigenvalue weighted by molar-refractivity contribution is 14.1. The maximum absolute atomic E-state index is 13.0. The van der Waals surface area contributed by atoms with Gasteiger partial charge in [-0.1, -0.05) is 30.3 Å². The van der Waals surface area contributed by atoms with E-state index in [2.05, 4.69) is 41.6 Å². The molecule has 0 heterocycles. The molecule has 0 spiro atoms. The summed E-state index contributed by atoms with van der Waals surface area (Å²) in [5.74, 6) is -0.184. The second-order valence-corrected chi connectivity index (χ2v) is 4.60. The molecule has 0 atom stereocenters. The first-order valence-corrected chi connectivity index (χ1v) is 5.77. The summed E-state index contributed by atoms with van der Waals surface area (Å²) in [5.41, 5.74) is 3.47. The van der Waals surface area contributed by atoms with Gasteiger partial charge < -0.3 is 0 Å². The van der Waals surface area contributed by atoms with Crippen molar-refractivity contribution >= 4 is 22.6 Å². The zero-order valence-electron chi connectivity index (χ0n) is 8.30. The molecule has 0 unspecified atom stereocenters. The summed E-state index contributed by atoms with van der Waals surface area (Å²) in [5, 5.41) is 0. The minimum atomic E-state index is -0.184. The second-order valence-electron chi connectivity index (χ2n) is 3.44. The summed E-state index contributed by atoms with van der Waals surface area (Å²) in [6.45, 7) is 2.06. The molecule has 0 saturated carbocycles. The molecule has 2 aromatic rings. The van der Waals surface area contributed by atoms with Crippen molar-refractivity contribution in [3.63, 3.8) is 0 Å². The van der Waals surface area contributed by atoms with Crippen molar-refractivity contribution in [2.45, 2.75) is 6.92 Å². The lowest BCUT2D eigenvalue weighted by atomic mass is 10.0. The molecule has 0 aromatic heterocycles. The van der Waals surface area contributed by atoms with Gasteiger partial charge in [0.1, 0.15) is 5.82 Å². The SMILES string of the molecule is Cc1ccccc1-c1ccc(F)cc1I. The van der Waals surface area contributed by atoms with Crippen LogP contribution in [-0.4, -0.2) is 0 Å². The number of hydrogen-bond donors (Lipinski definition) is 0. The molecule has 0 bridgehead atoms. The molecule has 0 aliphatic carbocycles. The number of hydrogen-bond acceptors (Lipinski definition) is 0. The lowest BCUT2D eigenvalue weighted by Gasteiger charge is -2.07. The van der Waals surface area contributed by atoms with Crippen LogP contribution in [0, 0.1) is 16.3 Å². The van der Waals surface area contributed by atoms with Gasteiger partial charge in [0.15, 0.2) is 0 Å². The highest BCUT2D eigenvalue weighted by Crippen LogP contribution is 2.28. The molecule has 0 N–H and O–H groups in total. The van der Waals surface area contributed by atoms with E-state index in [4.69, 9.17) is 0 Å². The summed E-state index contributed by atoms with van der Waals surface area (Å²) in [7, 11) is 0. The lowest BCUT2D eigenvalue weighted by Crippen LogP contribution is -1.87. The second kappa shape index (κ2) is 4.31. The lowest BCUT2D eigenvalue weighted by molar-refractivity contribution is 0.627. The zero-order valence-corrected chi connectivity index (χ0v) is 10.5. The van der Waals surface area contributed by atoms with E-state index < -0.39 is 0 Å². The van der Waals surface area contributed by atoms with Gasteiger partial charge in [-0.3, -0.25) is 0 Å². The molecular formula is C13H10FI. The molecule has 0 fully saturated rings. The van der Waals surface area contributed by atoms with Crippen LogP contribution in [0.3, 0.4) is 0 Å². The van der Waals surface area contributed by atoms with E-state index in [1.807, 2.05) is 18.2 Å². The Balaban J connectivity index is 2.60. The van der Waals surface area contributed by atoms with Gasteiger partial charge >= 0.3 is 0 Å². The fourth-order valence-corrected chi connectivity index (χ4v) is 2.35. The average molecular weight is 312 g/mol. The molecule has 76 valence electrons. The Hall–Kier alpha value is -0.900. The highest BCUT2D eigenvalue weighted by atomic mass is 127. The van der Waals surface area contributed by atoms with Crippen molar-refractivity contribution in [3.05, 3.63) is 57.4 Å². The minimum absolute atomic E-state index is 0.184. The van der Waals surface area contributed by atoms with Crippen molar-refractivity contribution in [1.29, 1.82) is 0 Å². The van der Waals surface area contributed by atoms with Crippen molar-refractivity contribution in [1.82, 2.24) is 0 Å². The molecule has 0 saturated heterocycles. The van der Waals surface area contributed by atoms with Gasteiger partial charge in [-0.15, -0.1) is 0 Å². The van der Waals surface area contributed by atoms with Crippen LogP contribution in [0.25, 0.3) is 11.1 Å². The van der Waals surface area contributed by atoms with Gasteiger partial charge in [0.05, 0.1) is 0 Å². The summed E-state index contributed by atoms with van der Waals surface area (Å²) in [6.07, 6.45) is 0. The smallest absolute Gasteiger partial charge is 0.124 e. The predicted octanol–water partition coefficient (Wildman–Crippen LogP) is 4.41. The van der Waals surface area contributed by atoms with E-state index in [1.165, 1.54) is 17.2 Å². The van der Waals surface area contributed by atoms with E-state index in [0.717, 1.165) is 9.13 Å². The Morgan fingerprint density at radius 1 is 1.00 bits per heavy atom. The molecule has 2 aromatic carbocycles. The maximum atomic E-state index is 13.0. The zero-order chi connectivity index (χ0) is 10.8. The Labute approximate surface area is 102 Å². The number of halogens is 2. The summed E-state index contributed by atoms with van der Waals surface area (Å²) in [6, 6.07) is 13.0. The van der Waals surface area contributed by atoms with Crippen LogP contribution in [0.5, 0.6) is 0 Å². The van der Waals surface area contributed by atoms with Crippen LogP contribution in [0.15, 0.2) is 42.5 Å². The minimum Gasteiger partial charge on any atom is -0.207 e. The quantitative estimate of drug-likeness (QED) is 0.685. The van der Waals surface area contributed by atoms with E-state index in [9.17, 15) is 4.39 Å². The monoisotopic (exact) mass is 312 g/mol. The topological polar surface area (TPSA) is 0 Å². The van der Waals surface area contributed by atoms with Crippen molar-refractivity contribution in [2.75, 3.05) is 0 Å². The van der Waals surface area contributed by atoms with Gasteiger partial charge in [0.2, 0.25) is 0 Å². The fourth-order valence-electron chi connectivity index (χ4n) is 1.58. The standard InChI is InChI=1S/C13H10FI/c1-9-4-2-3-5-11(9)12-7-6-10(14)8-13(12)15/h2-8H,1H3. The van der Waals surface area contributed by atoms with Crippen LogP contribution in [0.4, 0.5) is 4.39 Å². The summed E-state index contributed by atoms with van der Waals surface area (Å²) < 4.78 is 13.9. The van der Waals surface area contributed by atoms with Crippen LogP contribution < -0.4 is 0 Å². The van der Waals surface area contributed by atoms with E-state index in [1.54, 1.807) is 6.07 Å². The third kappa shape index (κ3) is 2.20. The molecule has 2 rings (SSSR count). The Kier molecular flexibility index (Phi) is 3.05. The predicted molar refractivity (Wildman–Crippen MR) is 69.3 cm³/mol. The number of rotatable bonds is 1. The normalized spacial score (nSPS) is 10.3. The Bertz CT molecular complexity index is 492. The summed E-state index contributed by atoms with van der Waals surface area (Å²) >= 11 is 2.17. The Morgan fingerprint density at radius 3 is 2.40 bits per heavy atom. The van der Waals surface area contributed by atoms with Crippen molar-refractivity contribution < 1.29 is 4.39 Å². The largest absolute Gasteiger partial charge is 0.207 e. The van der Waals surface area contributed by atoms with Gasteiger partial charge in [0.25, 0.3) is 0 Å². The molecule has 0 radical (unpaired) electrons. The van der Waals surface area contributed by atoms with E-state index >= 15 is 0 Å². The number of benzene rings is 2. The molecule has 0 aliphatic heterocycles. The molecule has 15 heavy (non-hydrogen) atoms. The molecule has 2 heteroatoms. The third-order valence-electron chi connectivity index (χ3n) is 2.37. The summed E-state index contributed by atoms with van der Waals surface area (Å²) in [4.78, 5) is 0. The van der Waals surface area contributed by atoms with Crippen molar-refractivity contribution in [3.8, 4) is 11.1 Å².